The molecule has 3 nitrogen and oxygen atoms in total. The Morgan fingerprint density at radius 1 is 1.44 bits per heavy atom. The Hall–Kier alpha value is -0.0900. The molecule has 94 valence electrons. The van der Waals surface area contributed by atoms with Crippen LogP contribution in [0, 0.1) is 11.8 Å². The third kappa shape index (κ3) is 4.83. The Morgan fingerprint density at radius 2 is 2.25 bits per heavy atom. The SMILES string of the molecule is CC1CCCC1C(=O)NCCCOCCBr. The predicted octanol–water partition coefficient (Wildman–Crippen LogP) is 2.34. The number of carbonyl (C=O) groups excluding carboxylic acids is 1. The average molecular weight is 292 g/mol. The van der Waals surface area contributed by atoms with Gasteiger partial charge in [-0.2, -0.15) is 0 Å². The lowest BCUT2D eigenvalue weighted by Gasteiger charge is -2.14. The molecule has 4 heteroatoms. The Morgan fingerprint density at radius 3 is 2.88 bits per heavy atom. The highest BCUT2D eigenvalue weighted by Crippen LogP contribution is 2.30. The molecular formula is C12H22BrNO2. The Kier molecular flexibility index (Phi) is 7.05. The summed E-state index contributed by atoms with van der Waals surface area (Å²) in [4.78, 5) is 11.8. The first kappa shape index (κ1) is 14.0. The molecule has 1 amide bonds. The summed E-state index contributed by atoms with van der Waals surface area (Å²) in [6, 6.07) is 0. The molecule has 0 aromatic carbocycles. The lowest BCUT2D eigenvalue weighted by Crippen LogP contribution is -2.33. The molecule has 1 N–H and O–H groups in total. The van der Waals surface area contributed by atoms with Crippen LogP contribution in [0.1, 0.15) is 32.6 Å². The van der Waals surface area contributed by atoms with E-state index in [2.05, 4.69) is 28.2 Å². The molecule has 2 atom stereocenters. The minimum atomic E-state index is 0.241. The first-order valence-corrected chi connectivity index (χ1v) is 7.29. The van der Waals surface area contributed by atoms with Crippen molar-refractivity contribution in [3.05, 3.63) is 0 Å². The van der Waals surface area contributed by atoms with Gasteiger partial charge in [0.25, 0.3) is 0 Å². The molecule has 1 fully saturated rings. The predicted molar refractivity (Wildman–Crippen MR) is 68.7 cm³/mol. The second-order valence-electron chi connectivity index (χ2n) is 4.46. The van der Waals surface area contributed by atoms with Gasteiger partial charge in [-0.1, -0.05) is 29.3 Å². The van der Waals surface area contributed by atoms with E-state index in [1.165, 1.54) is 12.8 Å². The van der Waals surface area contributed by atoms with Crippen LogP contribution >= 0.6 is 15.9 Å². The van der Waals surface area contributed by atoms with E-state index < -0.39 is 0 Å². The Bertz CT molecular complexity index is 211. The first-order chi connectivity index (χ1) is 7.75. The number of amides is 1. The second kappa shape index (κ2) is 8.07. The smallest absolute Gasteiger partial charge is 0.223 e. The number of ether oxygens (including phenoxy) is 1. The normalized spacial score (nSPS) is 24.6. The van der Waals surface area contributed by atoms with Crippen molar-refractivity contribution >= 4 is 21.8 Å². The number of hydrogen-bond acceptors (Lipinski definition) is 2. The van der Waals surface area contributed by atoms with E-state index in [1.54, 1.807) is 0 Å². The topological polar surface area (TPSA) is 38.3 Å². The van der Waals surface area contributed by atoms with Gasteiger partial charge in [-0.25, -0.2) is 0 Å². The lowest BCUT2D eigenvalue weighted by atomic mass is 9.97. The molecule has 0 heterocycles. The molecule has 1 aliphatic rings. The molecule has 0 aliphatic heterocycles. The van der Waals surface area contributed by atoms with E-state index in [4.69, 9.17) is 4.74 Å². The molecule has 1 aliphatic carbocycles. The van der Waals surface area contributed by atoms with Crippen LogP contribution in [0.4, 0.5) is 0 Å². The summed E-state index contributed by atoms with van der Waals surface area (Å²) in [6.45, 7) is 4.39. The molecule has 0 aromatic heterocycles. The van der Waals surface area contributed by atoms with E-state index in [0.29, 0.717) is 5.92 Å². The zero-order valence-corrected chi connectivity index (χ0v) is 11.6. The van der Waals surface area contributed by atoms with Crippen LogP contribution in [0.2, 0.25) is 0 Å². The number of halogens is 1. The molecule has 16 heavy (non-hydrogen) atoms. The van der Waals surface area contributed by atoms with Gasteiger partial charge in [-0.3, -0.25) is 4.79 Å². The number of rotatable bonds is 7. The summed E-state index contributed by atoms with van der Waals surface area (Å²) < 4.78 is 5.31. The number of hydrogen-bond donors (Lipinski definition) is 1. The fraction of sp³-hybridized carbons (Fsp3) is 0.917. The minimum absolute atomic E-state index is 0.241. The highest BCUT2D eigenvalue weighted by atomic mass is 79.9. The van der Waals surface area contributed by atoms with Crippen LogP contribution in [0.3, 0.4) is 0 Å². The molecule has 2 unspecified atom stereocenters. The van der Waals surface area contributed by atoms with Crippen molar-refractivity contribution in [2.45, 2.75) is 32.6 Å². The van der Waals surface area contributed by atoms with Crippen molar-refractivity contribution in [1.29, 1.82) is 0 Å². The van der Waals surface area contributed by atoms with Gasteiger partial charge in [0.15, 0.2) is 0 Å². The maximum absolute atomic E-state index is 11.8. The van der Waals surface area contributed by atoms with E-state index >= 15 is 0 Å². The van der Waals surface area contributed by atoms with E-state index in [0.717, 1.165) is 37.9 Å². The fourth-order valence-electron chi connectivity index (χ4n) is 2.21. The van der Waals surface area contributed by atoms with Crippen molar-refractivity contribution in [2.24, 2.45) is 11.8 Å². The van der Waals surface area contributed by atoms with Crippen LogP contribution in [-0.4, -0.2) is 31.0 Å². The Labute approximate surface area is 106 Å². The van der Waals surface area contributed by atoms with Gasteiger partial charge in [0.2, 0.25) is 5.91 Å². The molecular weight excluding hydrogens is 270 g/mol. The maximum Gasteiger partial charge on any atom is 0.223 e. The number of carbonyl (C=O) groups is 1. The van der Waals surface area contributed by atoms with Gasteiger partial charge in [0, 0.05) is 24.4 Å². The van der Waals surface area contributed by atoms with Gasteiger partial charge in [-0.15, -0.1) is 0 Å². The second-order valence-corrected chi connectivity index (χ2v) is 5.25. The number of alkyl halides is 1. The van der Waals surface area contributed by atoms with Crippen molar-refractivity contribution in [2.75, 3.05) is 25.1 Å². The standard InChI is InChI=1S/C12H22BrNO2/c1-10-4-2-5-11(10)12(15)14-7-3-8-16-9-6-13/h10-11H,2-9H2,1H3,(H,14,15). The van der Waals surface area contributed by atoms with E-state index in [-0.39, 0.29) is 11.8 Å². The Balaban J connectivity index is 2.02. The van der Waals surface area contributed by atoms with Crippen LogP contribution in [0.15, 0.2) is 0 Å². The molecule has 1 rings (SSSR count). The highest BCUT2D eigenvalue weighted by Gasteiger charge is 2.29. The minimum Gasteiger partial charge on any atom is -0.381 e. The fourth-order valence-corrected chi connectivity index (χ4v) is 2.44. The summed E-state index contributed by atoms with van der Waals surface area (Å²) in [5.74, 6) is 1.05. The summed E-state index contributed by atoms with van der Waals surface area (Å²) in [5.41, 5.74) is 0. The monoisotopic (exact) mass is 291 g/mol. The summed E-state index contributed by atoms with van der Waals surface area (Å²) in [5, 5.41) is 3.88. The van der Waals surface area contributed by atoms with Crippen LogP contribution in [0.25, 0.3) is 0 Å². The van der Waals surface area contributed by atoms with Crippen molar-refractivity contribution in [3.63, 3.8) is 0 Å². The van der Waals surface area contributed by atoms with E-state index in [9.17, 15) is 4.79 Å². The summed E-state index contributed by atoms with van der Waals surface area (Å²) in [6.07, 6.45) is 4.37. The molecule has 0 saturated heterocycles. The van der Waals surface area contributed by atoms with Gasteiger partial charge < -0.3 is 10.1 Å². The molecule has 0 radical (unpaired) electrons. The van der Waals surface area contributed by atoms with E-state index in [1.807, 2.05) is 0 Å². The van der Waals surface area contributed by atoms with Gasteiger partial charge >= 0.3 is 0 Å². The van der Waals surface area contributed by atoms with Crippen LogP contribution in [-0.2, 0) is 9.53 Å². The molecule has 0 spiro atoms. The third-order valence-corrected chi connectivity index (χ3v) is 3.51. The van der Waals surface area contributed by atoms with Crippen molar-refractivity contribution in [1.82, 2.24) is 5.32 Å². The zero-order valence-electron chi connectivity index (χ0n) is 10.0. The maximum atomic E-state index is 11.8. The molecule has 0 bridgehead atoms. The zero-order chi connectivity index (χ0) is 11.8. The average Bonchev–Trinajstić information content (AvgIpc) is 2.69. The first-order valence-electron chi connectivity index (χ1n) is 6.17. The van der Waals surface area contributed by atoms with Gasteiger partial charge in [-0.05, 0) is 25.2 Å². The summed E-state index contributed by atoms with van der Waals surface area (Å²) >= 11 is 3.30. The number of nitrogens with one attached hydrogen (secondary N) is 1. The third-order valence-electron chi connectivity index (χ3n) is 3.18. The molecule has 1 saturated carbocycles. The quantitative estimate of drug-likeness (QED) is 0.578. The molecule has 0 aromatic rings. The largest absolute Gasteiger partial charge is 0.381 e. The van der Waals surface area contributed by atoms with Crippen LogP contribution < -0.4 is 5.32 Å². The van der Waals surface area contributed by atoms with Crippen LogP contribution in [0.5, 0.6) is 0 Å². The lowest BCUT2D eigenvalue weighted by molar-refractivity contribution is -0.125. The van der Waals surface area contributed by atoms with Gasteiger partial charge in [0.1, 0.15) is 0 Å². The van der Waals surface area contributed by atoms with Gasteiger partial charge in [0.05, 0.1) is 6.61 Å². The van der Waals surface area contributed by atoms with Crippen molar-refractivity contribution < 1.29 is 9.53 Å². The summed E-state index contributed by atoms with van der Waals surface area (Å²) in [7, 11) is 0. The van der Waals surface area contributed by atoms with Crippen molar-refractivity contribution in [3.8, 4) is 0 Å². The highest BCUT2D eigenvalue weighted by molar-refractivity contribution is 9.09.